The van der Waals surface area contributed by atoms with Gasteiger partial charge in [-0.05, 0) is 42.8 Å². The number of halogens is 5. The molecular formula is C32H32Cl2F3N7O5. The highest BCUT2D eigenvalue weighted by molar-refractivity contribution is 6.34. The van der Waals surface area contributed by atoms with Crippen LogP contribution in [0.25, 0.3) is 16.8 Å². The Kier molecular flexibility index (Phi) is 11.3. The Morgan fingerprint density at radius 1 is 1.06 bits per heavy atom. The number of amides is 2. The summed E-state index contributed by atoms with van der Waals surface area (Å²) in [6, 6.07) is 9.04. The maximum Gasteiger partial charge on any atom is 0.436 e. The quantitative estimate of drug-likeness (QED) is 0.219. The van der Waals surface area contributed by atoms with Gasteiger partial charge in [0.15, 0.2) is 5.69 Å². The zero-order chi connectivity index (χ0) is 35.3. The Balaban J connectivity index is 1.35. The highest BCUT2D eigenvalue weighted by Crippen LogP contribution is 2.36. The number of carbonyl (C=O) groups excluding carboxylic acids is 2. The standard InChI is InChI=1S/C32H32Cl2F3N7O5/c1-3-25(31(47)39-20-5-6-21(24(34)15-20)30(46)38-8-9-42-10-12-49-13-11-42)43-17-27(48-2)23(16-29(43)45)22-14-19(33)4-7-26(22)44-18-28(40-41-44)32(35,36)37/h4-7,14-18,25H,3,8-13H2,1-2H3,(H,38,46)(H,39,47)/t25-/m0/s1. The molecule has 5 rings (SSSR count). The van der Waals surface area contributed by atoms with Crippen molar-refractivity contribution < 1.29 is 32.2 Å². The zero-order valence-electron chi connectivity index (χ0n) is 26.4. The predicted molar refractivity (Wildman–Crippen MR) is 177 cm³/mol. The van der Waals surface area contributed by atoms with E-state index in [0.717, 1.165) is 24.0 Å². The molecule has 3 heterocycles. The number of pyridine rings is 1. The van der Waals surface area contributed by atoms with Gasteiger partial charge in [0.25, 0.3) is 11.5 Å². The molecule has 17 heteroatoms. The summed E-state index contributed by atoms with van der Waals surface area (Å²) in [6.07, 6.45) is -2.46. The molecule has 0 saturated carbocycles. The van der Waals surface area contributed by atoms with Crippen LogP contribution in [-0.2, 0) is 15.7 Å². The van der Waals surface area contributed by atoms with Crippen LogP contribution in [0, 0.1) is 0 Å². The van der Waals surface area contributed by atoms with E-state index in [1.807, 2.05) is 0 Å². The second-order valence-electron chi connectivity index (χ2n) is 11.0. The Hall–Kier alpha value is -4.44. The molecule has 0 spiro atoms. The minimum absolute atomic E-state index is 0.130. The van der Waals surface area contributed by atoms with Gasteiger partial charge >= 0.3 is 6.18 Å². The second-order valence-corrected chi connectivity index (χ2v) is 11.9. The summed E-state index contributed by atoms with van der Waals surface area (Å²) in [4.78, 5) is 41.9. The summed E-state index contributed by atoms with van der Waals surface area (Å²) in [7, 11) is 1.35. The molecule has 0 radical (unpaired) electrons. The molecule has 4 aromatic rings. The number of methoxy groups -OCH3 is 1. The van der Waals surface area contributed by atoms with Gasteiger partial charge in [-0.2, -0.15) is 13.2 Å². The number of carbonyl (C=O) groups is 2. The third-order valence-corrected chi connectivity index (χ3v) is 8.41. The number of aromatic nitrogens is 4. The molecule has 2 N–H and O–H groups in total. The number of morpholine rings is 1. The Bertz CT molecular complexity index is 1890. The summed E-state index contributed by atoms with van der Waals surface area (Å²) in [5.41, 5.74) is -0.656. The molecule has 1 aliphatic heterocycles. The largest absolute Gasteiger partial charge is 0.495 e. The molecule has 0 bridgehead atoms. The summed E-state index contributed by atoms with van der Waals surface area (Å²) in [5, 5.41) is 12.8. The zero-order valence-corrected chi connectivity index (χ0v) is 27.9. The van der Waals surface area contributed by atoms with Gasteiger partial charge in [-0.15, -0.1) is 5.10 Å². The van der Waals surface area contributed by atoms with Gasteiger partial charge in [0.2, 0.25) is 5.91 Å². The van der Waals surface area contributed by atoms with Crippen molar-refractivity contribution in [1.29, 1.82) is 0 Å². The predicted octanol–water partition coefficient (Wildman–Crippen LogP) is 5.08. The fourth-order valence-electron chi connectivity index (χ4n) is 5.34. The topological polar surface area (TPSA) is 133 Å². The van der Waals surface area contributed by atoms with Gasteiger partial charge in [0.05, 0.1) is 49.0 Å². The van der Waals surface area contributed by atoms with Crippen molar-refractivity contribution in [2.75, 3.05) is 51.8 Å². The molecule has 1 atom stereocenters. The van der Waals surface area contributed by atoms with Crippen molar-refractivity contribution in [2.45, 2.75) is 25.6 Å². The van der Waals surface area contributed by atoms with Gasteiger partial charge < -0.3 is 20.1 Å². The van der Waals surface area contributed by atoms with E-state index in [9.17, 15) is 27.6 Å². The summed E-state index contributed by atoms with van der Waals surface area (Å²) < 4.78 is 52.7. The van der Waals surface area contributed by atoms with Crippen molar-refractivity contribution in [3.8, 4) is 22.6 Å². The molecule has 1 aliphatic rings. The molecule has 2 aromatic carbocycles. The van der Waals surface area contributed by atoms with Crippen molar-refractivity contribution in [3.05, 3.63) is 86.5 Å². The van der Waals surface area contributed by atoms with E-state index in [1.165, 1.54) is 60.3 Å². The van der Waals surface area contributed by atoms with Gasteiger partial charge in [0.1, 0.15) is 11.8 Å². The lowest BCUT2D eigenvalue weighted by atomic mass is 10.0. The van der Waals surface area contributed by atoms with Gasteiger partial charge in [0, 0.05) is 54.1 Å². The van der Waals surface area contributed by atoms with Crippen LogP contribution in [0.1, 0.15) is 35.4 Å². The average molecular weight is 723 g/mol. The van der Waals surface area contributed by atoms with E-state index >= 15 is 0 Å². The van der Waals surface area contributed by atoms with Crippen molar-refractivity contribution in [3.63, 3.8) is 0 Å². The first-order chi connectivity index (χ1) is 23.4. The van der Waals surface area contributed by atoms with E-state index in [-0.39, 0.29) is 50.5 Å². The fourth-order valence-corrected chi connectivity index (χ4v) is 5.78. The van der Waals surface area contributed by atoms with Gasteiger partial charge in [-0.25, -0.2) is 4.68 Å². The molecule has 2 aromatic heterocycles. The van der Waals surface area contributed by atoms with Crippen LogP contribution in [-0.4, -0.2) is 82.8 Å². The van der Waals surface area contributed by atoms with Crippen molar-refractivity contribution >= 4 is 40.7 Å². The molecule has 1 saturated heterocycles. The van der Waals surface area contributed by atoms with Crippen LogP contribution < -0.4 is 20.9 Å². The second kappa shape index (κ2) is 15.4. The average Bonchev–Trinajstić information content (AvgIpc) is 3.57. The number of alkyl halides is 3. The highest BCUT2D eigenvalue weighted by atomic mass is 35.5. The molecular weight excluding hydrogens is 690 g/mol. The SMILES string of the molecule is CC[C@@H](C(=O)Nc1ccc(C(=O)NCCN2CCOCC2)c(Cl)c1)n1cc(OC)c(-c2cc(Cl)ccc2-n2cc(C(F)(F)F)nn2)cc1=O. The molecule has 0 aliphatic carbocycles. The number of benzene rings is 2. The van der Waals surface area contributed by atoms with Crippen LogP contribution in [0.2, 0.25) is 10.0 Å². The van der Waals surface area contributed by atoms with Crippen molar-refractivity contribution in [2.24, 2.45) is 0 Å². The first kappa shape index (κ1) is 35.9. The van der Waals surface area contributed by atoms with Crippen LogP contribution >= 0.6 is 23.2 Å². The maximum absolute atomic E-state index is 13.5. The number of ether oxygens (including phenoxy) is 2. The first-order valence-electron chi connectivity index (χ1n) is 15.2. The Labute approximate surface area is 288 Å². The third kappa shape index (κ3) is 8.41. The lowest BCUT2D eigenvalue weighted by molar-refractivity contribution is -0.141. The summed E-state index contributed by atoms with van der Waals surface area (Å²) in [6.45, 7) is 5.74. The van der Waals surface area contributed by atoms with E-state index in [4.69, 9.17) is 32.7 Å². The minimum atomic E-state index is -4.72. The third-order valence-electron chi connectivity index (χ3n) is 7.87. The monoisotopic (exact) mass is 721 g/mol. The van der Waals surface area contributed by atoms with Gasteiger partial charge in [-0.3, -0.25) is 23.9 Å². The number of rotatable bonds is 11. The molecule has 2 amide bonds. The Morgan fingerprint density at radius 2 is 1.82 bits per heavy atom. The van der Waals surface area contributed by atoms with E-state index in [2.05, 4.69) is 25.8 Å². The molecule has 0 unspecified atom stereocenters. The van der Waals surface area contributed by atoms with E-state index in [0.29, 0.717) is 32.0 Å². The lowest BCUT2D eigenvalue weighted by Crippen LogP contribution is -2.41. The lowest BCUT2D eigenvalue weighted by Gasteiger charge is -2.26. The number of nitrogens with zero attached hydrogens (tertiary/aromatic N) is 5. The number of hydrogen-bond acceptors (Lipinski definition) is 8. The highest BCUT2D eigenvalue weighted by Gasteiger charge is 2.35. The van der Waals surface area contributed by atoms with Crippen molar-refractivity contribution in [1.82, 2.24) is 29.8 Å². The van der Waals surface area contributed by atoms with Crippen LogP contribution in [0.15, 0.2) is 59.7 Å². The maximum atomic E-state index is 13.5. The van der Waals surface area contributed by atoms with Crippen LogP contribution in [0.4, 0.5) is 18.9 Å². The van der Waals surface area contributed by atoms with E-state index < -0.39 is 29.4 Å². The summed E-state index contributed by atoms with van der Waals surface area (Å²) in [5.74, 6) is -0.754. The summed E-state index contributed by atoms with van der Waals surface area (Å²) >= 11 is 12.7. The normalized spacial score (nSPS) is 14.3. The molecule has 260 valence electrons. The van der Waals surface area contributed by atoms with Gasteiger partial charge in [-0.1, -0.05) is 35.3 Å². The first-order valence-corrected chi connectivity index (χ1v) is 15.9. The number of hydrogen-bond donors (Lipinski definition) is 2. The minimum Gasteiger partial charge on any atom is -0.495 e. The van der Waals surface area contributed by atoms with Crippen LogP contribution in [0.5, 0.6) is 5.75 Å². The van der Waals surface area contributed by atoms with Crippen LogP contribution in [0.3, 0.4) is 0 Å². The molecule has 12 nitrogen and oxygen atoms in total. The Morgan fingerprint density at radius 3 is 2.47 bits per heavy atom. The fraction of sp³-hybridized carbons (Fsp3) is 0.344. The number of nitrogens with one attached hydrogen (secondary N) is 2. The smallest absolute Gasteiger partial charge is 0.436 e. The van der Waals surface area contributed by atoms with E-state index in [1.54, 1.807) is 6.92 Å². The number of anilines is 1. The molecule has 49 heavy (non-hydrogen) atoms. The molecule has 1 fully saturated rings.